The highest BCUT2D eigenvalue weighted by Crippen LogP contribution is 2.21. The number of H-pyrrole nitrogens is 1. The van der Waals surface area contributed by atoms with Crippen molar-refractivity contribution in [1.82, 2.24) is 52.1 Å². The van der Waals surface area contributed by atoms with Crippen LogP contribution in [0.3, 0.4) is 0 Å². The van der Waals surface area contributed by atoms with E-state index >= 15 is 0 Å². The fourth-order valence-corrected chi connectivity index (χ4v) is 7.88. The molecule has 1 saturated heterocycles. The number of nitrogens with two attached hydrogens (primary N) is 7. The maximum absolute atomic E-state index is 14.1. The maximum atomic E-state index is 14.1. The summed E-state index contributed by atoms with van der Waals surface area (Å²) in [5, 5.41) is 35.6. The van der Waals surface area contributed by atoms with Gasteiger partial charge in [0.2, 0.25) is 47.3 Å². The number of carbonyl (C=O) groups is 9. The van der Waals surface area contributed by atoms with Crippen LogP contribution in [0.2, 0.25) is 0 Å². The first-order valence-electron chi connectivity index (χ1n) is 24.5. The standard InChI is InChI=1S/C44H80N18O10/c1-25(57-42(71)36(34(64)21-48)61-39(68)28(49)9-2-3-15-45)38(67)55-23-35(65)58-30(11-5-17-47)43(72)62-19-7-12-32(62)41(70)60-31(20-27-22-53-24-56-27)40(69)59-29(10-4-16-46)33(63)14-13-26(37(50)66)8-6-18-54-44(51)52/h22,24-26,28-32,34,36,64H,2-21,23,45-49H2,1H3,(H2,50,66)(H,53,56)(H,55,67)(H,57,71)(H,58,65)(H,59,69)(H,60,70)(H,61,68)(H4,51,52,54)/t25-,26-,28-,29-,30+,31-,32-,34-,36-/m0/s1. The van der Waals surface area contributed by atoms with Crippen molar-refractivity contribution in [1.29, 1.82) is 5.41 Å². The van der Waals surface area contributed by atoms with E-state index in [1.54, 1.807) is 0 Å². The molecule has 8 amide bonds. The number of amides is 8. The van der Waals surface area contributed by atoms with Crippen LogP contribution in [0, 0.1) is 11.3 Å². The summed E-state index contributed by atoms with van der Waals surface area (Å²) in [6.07, 6.45) is 5.05. The summed E-state index contributed by atoms with van der Waals surface area (Å²) in [7, 11) is 0. The fourth-order valence-electron chi connectivity index (χ4n) is 7.88. The van der Waals surface area contributed by atoms with Crippen LogP contribution >= 0.6 is 0 Å². The summed E-state index contributed by atoms with van der Waals surface area (Å²) in [4.78, 5) is 128. The highest BCUT2D eigenvalue weighted by Gasteiger charge is 2.39. The largest absolute Gasteiger partial charge is 0.389 e. The number of rotatable bonds is 36. The van der Waals surface area contributed by atoms with E-state index in [4.69, 9.17) is 45.5 Å². The molecule has 0 radical (unpaired) electrons. The summed E-state index contributed by atoms with van der Waals surface area (Å²) in [6.45, 7) is 1.50. The van der Waals surface area contributed by atoms with Crippen LogP contribution in [-0.4, -0.2) is 173 Å². The van der Waals surface area contributed by atoms with E-state index in [1.807, 2.05) is 0 Å². The molecule has 28 nitrogen and oxygen atoms in total. The molecule has 0 aromatic carbocycles. The zero-order valence-corrected chi connectivity index (χ0v) is 41.3. The van der Waals surface area contributed by atoms with Gasteiger partial charge in [-0.2, -0.15) is 0 Å². The van der Waals surface area contributed by atoms with Gasteiger partial charge in [-0.25, -0.2) is 4.98 Å². The Balaban J connectivity index is 2.15. The zero-order valence-electron chi connectivity index (χ0n) is 41.3. The maximum Gasteiger partial charge on any atom is 0.245 e. The molecule has 2 rings (SSSR count). The molecular weight excluding hydrogens is 941 g/mol. The average Bonchev–Trinajstić information content (AvgIpc) is 4.07. The van der Waals surface area contributed by atoms with E-state index in [2.05, 4.69) is 47.2 Å². The normalized spacial score (nSPS) is 16.6. The molecule has 1 aromatic rings. The van der Waals surface area contributed by atoms with Gasteiger partial charge in [0.15, 0.2) is 11.7 Å². The first-order chi connectivity index (χ1) is 34.3. The second-order valence-corrected chi connectivity index (χ2v) is 17.8. The zero-order chi connectivity index (χ0) is 53.8. The van der Waals surface area contributed by atoms with E-state index in [0.717, 1.165) is 0 Å². The number of imidazole rings is 1. The number of nitrogens with one attached hydrogen (secondary N) is 9. The van der Waals surface area contributed by atoms with Crippen LogP contribution < -0.4 is 77.4 Å². The molecule has 0 spiro atoms. The molecule has 0 bridgehead atoms. The monoisotopic (exact) mass is 1020 g/mol. The number of ketones is 1. The Bertz CT molecular complexity index is 1930. The summed E-state index contributed by atoms with van der Waals surface area (Å²) in [6, 6.07) is -8.36. The number of aromatic amines is 1. The number of unbranched alkanes of at least 4 members (excludes halogenated alkanes) is 1. The number of nitrogens with zero attached hydrogens (tertiary/aromatic N) is 2. The Morgan fingerprint density at radius 2 is 1.46 bits per heavy atom. The number of hydrogen-bond acceptors (Lipinski definition) is 17. The minimum Gasteiger partial charge on any atom is -0.389 e. The SMILES string of the molecule is C[C@H](NC(=O)[C@@H](NC(=O)[C@@H](N)CCCCN)[C@@H](O)CN)C(=O)NCC(=O)N[C@H](CCCN)C(=O)N1CCC[C@H]1C(=O)N[C@@H](Cc1cnc[nH]1)C(=O)N[C@@H](CCCN)C(=O)CC[C@H](CCCNC(=N)N)C(N)=O. The van der Waals surface area contributed by atoms with Gasteiger partial charge in [-0.05, 0) is 97.2 Å². The van der Waals surface area contributed by atoms with Gasteiger partial charge >= 0.3 is 0 Å². The fraction of sp³-hybridized carbons (Fsp3) is 0.705. The molecule has 1 aromatic heterocycles. The number of aliphatic hydroxyl groups is 1. The van der Waals surface area contributed by atoms with Crippen LogP contribution in [-0.2, 0) is 49.6 Å². The molecule has 72 heavy (non-hydrogen) atoms. The highest BCUT2D eigenvalue weighted by atomic mass is 16.3. The van der Waals surface area contributed by atoms with Gasteiger partial charge in [0.05, 0.1) is 31.1 Å². The number of aliphatic hydroxyl groups excluding tert-OH is 1. The Morgan fingerprint density at radius 1 is 0.778 bits per heavy atom. The van der Waals surface area contributed by atoms with Crippen molar-refractivity contribution in [2.45, 2.75) is 145 Å². The van der Waals surface area contributed by atoms with E-state index in [0.29, 0.717) is 63.7 Å². The molecular formula is C44H80N18O10. The predicted molar refractivity (Wildman–Crippen MR) is 264 cm³/mol. The molecule has 0 saturated carbocycles. The quantitative estimate of drug-likeness (QED) is 0.0169. The minimum atomic E-state index is -1.55. The number of aromatic nitrogens is 2. The molecule has 2 heterocycles. The van der Waals surface area contributed by atoms with Crippen molar-refractivity contribution in [2.75, 3.05) is 45.8 Å². The van der Waals surface area contributed by atoms with Crippen LogP contribution in [0.5, 0.6) is 0 Å². The van der Waals surface area contributed by atoms with Gasteiger partial charge in [-0.15, -0.1) is 0 Å². The lowest BCUT2D eigenvalue weighted by Crippen LogP contribution is -2.60. The van der Waals surface area contributed by atoms with Crippen molar-refractivity contribution in [3.63, 3.8) is 0 Å². The predicted octanol–water partition coefficient (Wildman–Crippen LogP) is -6.53. The summed E-state index contributed by atoms with van der Waals surface area (Å²) in [5.41, 5.74) is 39.9. The summed E-state index contributed by atoms with van der Waals surface area (Å²) < 4.78 is 0. The van der Waals surface area contributed by atoms with Crippen LogP contribution in [0.15, 0.2) is 12.5 Å². The molecule has 1 aliphatic rings. The third-order valence-corrected chi connectivity index (χ3v) is 12.1. The van der Waals surface area contributed by atoms with Crippen LogP contribution in [0.1, 0.15) is 96.1 Å². The summed E-state index contributed by atoms with van der Waals surface area (Å²) in [5.74, 6) is -7.10. The Morgan fingerprint density at radius 3 is 2.07 bits per heavy atom. The number of hydrogen-bond donors (Lipinski definition) is 17. The Hall–Kier alpha value is -6.33. The third-order valence-electron chi connectivity index (χ3n) is 12.1. The molecule has 406 valence electrons. The lowest BCUT2D eigenvalue weighted by Gasteiger charge is -2.30. The number of carbonyl (C=O) groups excluding carboxylic acids is 9. The molecule has 28 heteroatoms. The summed E-state index contributed by atoms with van der Waals surface area (Å²) >= 11 is 0. The average molecular weight is 1020 g/mol. The van der Waals surface area contributed by atoms with Crippen molar-refractivity contribution in [3.05, 3.63) is 18.2 Å². The van der Waals surface area contributed by atoms with Crippen molar-refractivity contribution in [2.24, 2.45) is 46.1 Å². The van der Waals surface area contributed by atoms with Gasteiger partial charge in [-0.1, -0.05) is 6.42 Å². The van der Waals surface area contributed by atoms with Gasteiger partial charge in [0, 0.05) is 50.3 Å². The third kappa shape index (κ3) is 22.0. The lowest BCUT2D eigenvalue weighted by atomic mass is 9.93. The first-order valence-corrected chi connectivity index (χ1v) is 24.5. The van der Waals surface area contributed by atoms with Gasteiger partial charge in [0.25, 0.3) is 0 Å². The molecule has 0 unspecified atom stereocenters. The number of likely N-dealkylation sites (tertiary alicyclic amines) is 1. The van der Waals surface area contributed by atoms with E-state index < -0.39 is 115 Å². The van der Waals surface area contributed by atoms with Gasteiger partial charge in [0.1, 0.15) is 30.2 Å². The molecule has 1 fully saturated rings. The Labute approximate surface area is 419 Å². The molecule has 9 atom stereocenters. The highest BCUT2D eigenvalue weighted by molar-refractivity contribution is 5.97. The number of primary amides is 1. The van der Waals surface area contributed by atoms with Crippen molar-refractivity contribution >= 4 is 59.0 Å². The van der Waals surface area contributed by atoms with Crippen molar-refractivity contribution < 1.29 is 48.3 Å². The second kappa shape index (κ2) is 33.3. The molecule has 1 aliphatic heterocycles. The minimum absolute atomic E-state index is 0.0694. The van der Waals surface area contributed by atoms with Crippen LogP contribution in [0.25, 0.3) is 0 Å². The second-order valence-electron chi connectivity index (χ2n) is 17.8. The van der Waals surface area contributed by atoms with E-state index in [9.17, 15) is 48.3 Å². The topological polar surface area (TPSA) is 496 Å². The first kappa shape index (κ1) is 61.8. The molecule has 0 aliphatic carbocycles. The number of guanidine groups is 1. The van der Waals surface area contributed by atoms with Crippen molar-refractivity contribution in [3.8, 4) is 0 Å². The molecule has 24 N–H and O–H groups in total. The van der Waals surface area contributed by atoms with Gasteiger partial charge < -0.3 is 92.3 Å². The Kier molecular flexibility index (Phi) is 28.6. The van der Waals surface area contributed by atoms with E-state index in [1.165, 1.54) is 24.3 Å². The number of Topliss-reactive ketones (excluding diaryl/α,β-unsaturated/α-hetero) is 1. The smallest absolute Gasteiger partial charge is 0.245 e. The van der Waals surface area contributed by atoms with Crippen LogP contribution in [0.4, 0.5) is 0 Å². The van der Waals surface area contributed by atoms with Gasteiger partial charge in [-0.3, -0.25) is 48.6 Å². The lowest BCUT2D eigenvalue weighted by molar-refractivity contribution is -0.142. The van der Waals surface area contributed by atoms with E-state index in [-0.39, 0.29) is 76.3 Å².